The molecule has 20 heavy (non-hydrogen) atoms. The van der Waals surface area contributed by atoms with Crippen molar-refractivity contribution in [2.45, 2.75) is 31.8 Å². The van der Waals surface area contributed by atoms with Crippen LogP contribution in [0.5, 0.6) is 5.75 Å². The molecule has 1 aromatic carbocycles. The van der Waals surface area contributed by atoms with E-state index >= 15 is 0 Å². The van der Waals surface area contributed by atoms with Gasteiger partial charge in [0.25, 0.3) is 0 Å². The van der Waals surface area contributed by atoms with Crippen LogP contribution in [0.4, 0.5) is 0 Å². The fraction of sp³-hybridized carbons (Fsp3) is 0.467. The molecule has 2 aromatic rings. The highest BCUT2D eigenvalue weighted by Crippen LogP contribution is 2.37. The minimum Gasteiger partial charge on any atom is -0.493 e. The maximum Gasteiger partial charge on any atom is 0.234 e. The topological polar surface area (TPSA) is 57.4 Å². The molecule has 3 rings (SSSR count). The lowest BCUT2D eigenvalue weighted by Gasteiger charge is -2.23. The number of hydrogen-bond donors (Lipinski definition) is 0. The van der Waals surface area contributed by atoms with Crippen LogP contribution in [0.25, 0.3) is 0 Å². The van der Waals surface area contributed by atoms with Gasteiger partial charge in [-0.2, -0.15) is 4.98 Å². The lowest BCUT2D eigenvalue weighted by molar-refractivity contribution is 0.00973. The van der Waals surface area contributed by atoms with Gasteiger partial charge in [0, 0.05) is 12.7 Å². The van der Waals surface area contributed by atoms with Gasteiger partial charge >= 0.3 is 0 Å². The van der Waals surface area contributed by atoms with Gasteiger partial charge in [-0.25, -0.2) is 0 Å². The fourth-order valence-electron chi connectivity index (χ4n) is 2.31. The molecule has 0 amide bonds. The number of nitrogens with zero attached hydrogens (tertiary/aromatic N) is 2. The van der Waals surface area contributed by atoms with E-state index in [2.05, 4.69) is 10.1 Å². The Balaban J connectivity index is 1.95. The molecule has 0 bridgehead atoms. The molecule has 5 nitrogen and oxygen atoms in total. The normalized spacial score (nSPS) is 18.4. The highest BCUT2D eigenvalue weighted by atomic mass is 16.5. The number of aromatic nitrogens is 2. The summed E-state index contributed by atoms with van der Waals surface area (Å²) in [5.41, 5.74) is 0.552. The molecule has 0 aliphatic carbocycles. The Labute approximate surface area is 117 Å². The van der Waals surface area contributed by atoms with E-state index in [4.69, 9.17) is 14.0 Å². The molecule has 0 saturated heterocycles. The van der Waals surface area contributed by atoms with Crippen molar-refractivity contribution in [3.05, 3.63) is 41.5 Å². The number of methoxy groups -OCH3 is 1. The first-order valence-corrected chi connectivity index (χ1v) is 6.73. The number of fused-ring (bicyclic) bond motifs is 1. The molecule has 1 aliphatic rings. The molecule has 106 valence electrons. The summed E-state index contributed by atoms with van der Waals surface area (Å²) in [5, 5.41) is 4.05. The van der Waals surface area contributed by atoms with Gasteiger partial charge in [-0.1, -0.05) is 23.4 Å². The maximum absolute atomic E-state index is 5.66. The quantitative estimate of drug-likeness (QED) is 0.861. The van der Waals surface area contributed by atoms with Crippen LogP contribution in [0.3, 0.4) is 0 Å². The zero-order chi connectivity index (χ0) is 14.2. The highest BCUT2D eigenvalue weighted by Gasteiger charge is 2.31. The van der Waals surface area contributed by atoms with Crippen molar-refractivity contribution in [2.75, 3.05) is 13.7 Å². The molecule has 1 aromatic heterocycles. The first-order valence-electron chi connectivity index (χ1n) is 6.73. The van der Waals surface area contributed by atoms with Crippen molar-refractivity contribution in [2.24, 2.45) is 0 Å². The first kappa shape index (κ1) is 13.1. The number of para-hydroxylation sites is 1. The molecule has 1 atom stereocenters. The molecule has 0 N–H and O–H groups in total. The zero-order valence-corrected chi connectivity index (χ0v) is 11.9. The van der Waals surface area contributed by atoms with Gasteiger partial charge in [0.05, 0.1) is 12.5 Å². The van der Waals surface area contributed by atoms with E-state index in [1.807, 2.05) is 38.1 Å². The van der Waals surface area contributed by atoms with E-state index in [9.17, 15) is 0 Å². The Morgan fingerprint density at radius 2 is 2.10 bits per heavy atom. The van der Waals surface area contributed by atoms with Crippen molar-refractivity contribution >= 4 is 0 Å². The maximum atomic E-state index is 5.66. The van der Waals surface area contributed by atoms with Crippen molar-refractivity contribution < 1.29 is 14.0 Å². The summed E-state index contributed by atoms with van der Waals surface area (Å²) in [6.07, 6.45) is 0.839. The van der Waals surface area contributed by atoms with E-state index in [1.165, 1.54) is 0 Å². The van der Waals surface area contributed by atoms with E-state index in [-0.39, 0.29) is 5.92 Å². The highest BCUT2D eigenvalue weighted by molar-refractivity contribution is 5.40. The van der Waals surface area contributed by atoms with Crippen LogP contribution >= 0.6 is 0 Å². The van der Waals surface area contributed by atoms with Gasteiger partial charge in [-0.15, -0.1) is 0 Å². The first-order chi connectivity index (χ1) is 9.62. The molecule has 5 heteroatoms. The molecular formula is C15H18N2O3. The van der Waals surface area contributed by atoms with Crippen molar-refractivity contribution in [3.63, 3.8) is 0 Å². The predicted molar refractivity (Wildman–Crippen MR) is 72.7 cm³/mol. The molecule has 0 fully saturated rings. The smallest absolute Gasteiger partial charge is 0.234 e. The van der Waals surface area contributed by atoms with E-state index in [0.29, 0.717) is 18.3 Å². The second-order valence-corrected chi connectivity index (χ2v) is 5.40. The third-order valence-corrected chi connectivity index (χ3v) is 3.75. The van der Waals surface area contributed by atoms with E-state index < -0.39 is 5.60 Å². The van der Waals surface area contributed by atoms with Gasteiger partial charge < -0.3 is 14.0 Å². The average molecular weight is 274 g/mol. The van der Waals surface area contributed by atoms with E-state index in [0.717, 1.165) is 17.7 Å². The second kappa shape index (κ2) is 4.90. The largest absolute Gasteiger partial charge is 0.493 e. The Morgan fingerprint density at radius 1 is 1.30 bits per heavy atom. The number of benzene rings is 1. The predicted octanol–water partition coefficient (Wildman–Crippen LogP) is 2.87. The van der Waals surface area contributed by atoms with Gasteiger partial charge in [-0.3, -0.25) is 0 Å². The molecular weight excluding hydrogens is 256 g/mol. The minimum absolute atomic E-state index is 0.0915. The SMILES string of the molecule is COC(C)(C)c1noc([C@@H]2CCOc3ccccc32)n1. The summed E-state index contributed by atoms with van der Waals surface area (Å²) in [6, 6.07) is 7.98. The molecule has 2 heterocycles. The summed E-state index contributed by atoms with van der Waals surface area (Å²) in [5.74, 6) is 2.18. The van der Waals surface area contributed by atoms with Crippen LogP contribution in [0.15, 0.2) is 28.8 Å². The monoisotopic (exact) mass is 274 g/mol. The van der Waals surface area contributed by atoms with Crippen LogP contribution in [-0.2, 0) is 10.3 Å². The summed E-state index contributed by atoms with van der Waals surface area (Å²) in [4.78, 5) is 4.52. The van der Waals surface area contributed by atoms with Crippen LogP contribution in [0.1, 0.15) is 43.5 Å². The third kappa shape index (κ3) is 2.18. The summed E-state index contributed by atoms with van der Waals surface area (Å²) in [6.45, 7) is 4.49. The lowest BCUT2D eigenvalue weighted by atomic mass is 9.93. The van der Waals surface area contributed by atoms with Crippen LogP contribution < -0.4 is 4.74 Å². The van der Waals surface area contributed by atoms with Crippen molar-refractivity contribution in [3.8, 4) is 5.75 Å². The van der Waals surface area contributed by atoms with E-state index in [1.54, 1.807) is 7.11 Å². The van der Waals surface area contributed by atoms with Crippen LogP contribution in [-0.4, -0.2) is 23.9 Å². The van der Waals surface area contributed by atoms with Crippen LogP contribution in [0.2, 0.25) is 0 Å². The number of ether oxygens (including phenoxy) is 2. The Morgan fingerprint density at radius 3 is 2.90 bits per heavy atom. The van der Waals surface area contributed by atoms with Gasteiger partial charge in [0.2, 0.25) is 11.7 Å². The lowest BCUT2D eigenvalue weighted by Crippen LogP contribution is -2.21. The number of rotatable bonds is 3. The Kier molecular flexibility index (Phi) is 3.22. The van der Waals surface area contributed by atoms with Crippen LogP contribution in [0, 0.1) is 0 Å². The fourth-order valence-corrected chi connectivity index (χ4v) is 2.31. The molecule has 0 spiro atoms. The van der Waals surface area contributed by atoms with Gasteiger partial charge in [0.15, 0.2) is 0 Å². The van der Waals surface area contributed by atoms with Gasteiger partial charge in [0.1, 0.15) is 11.4 Å². The summed E-state index contributed by atoms with van der Waals surface area (Å²) in [7, 11) is 1.64. The molecule has 0 unspecified atom stereocenters. The number of hydrogen-bond acceptors (Lipinski definition) is 5. The zero-order valence-electron chi connectivity index (χ0n) is 11.9. The van der Waals surface area contributed by atoms with Crippen molar-refractivity contribution in [1.82, 2.24) is 10.1 Å². The summed E-state index contributed by atoms with van der Waals surface area (Å²) >= 11 is 0. The molecule has 0 saturated carbocycles. The summed E-state index contributed by atoms with van der Waals surface area (Å²) < 4.78 is 16.5. The Hall–Kier alpha value is -1.88. The van der Waals surface area contributed by atoms with Crippen molar-refractivity contribution in [1.29, 1.82) is 0 Å². The standard InChI is InChI=1S/C15H18N2O3/c1-15(2,18-3)14-16-13(20-17-14)11-8-9-19-12-7-5-4-6-10(11)12/h4-7,11H,8-9H2,1-3H3/t11-/m1/s1. The Bertz CT molecular complexity index is 607. The minimum atomic E-state index is -0.549. The van der Waals surface area contributed by atoms with Gasteiger partial charge in [-0.05, 0) is 26.3 Å². The molecule has 1 aliphatic heterocycles. The average Bonchev–Trinajstić information content (AvgIpc) is 2.97. The molecule has 0 radical (unpaired) electrons. The third-order valence-electron chi connectivity index (χ3n) is 3.75. The second-order valence-electron chi connectivity index (χ2n) is 5.40.